The maximum absolute atomic E-state index is 13.3. The van der Waals surface area contributed by atoms with E-state index in [1.807, 2.05) is 30.3 Å². The summed E-state index contributed by atoms with van der Waals surface area (Å²) in [6.07, 6.45) is 1.64. The number of aromatic nitrogens is 1. The van der Waals surface area contributed by atoms with Gasteiger partial charge in [0.05, 0.1) is 24.5 Å². The Kier molecular flexibility index (Phi) is 11.7. The monoisotopic (exact) mass is 678 g/mol. The molecule has 0 aliphatic heterocycles. The molecule has 0 bridgehead atoms. The van der Waals surface area contributed by atoms with Crippen LogP contribution in [0.4, 0.5) is 10.8 Å². The van der Waals surface area contributed by atoms with Gasteiger partial charge in [0.1, 0.15) is 5.70 Å². The Morgan fingerprint density at radius 1 is 0.977 bits per heavy atom. The van der Waals surface area contributed by atoms with Gasteiger partial charge >= 0.3 is 5.97 Å². The topological polar surface area (TPSA) is 126 Å². The molecule has 3 aromatic carbocycles. The number of hydrogen-bond donors (Lipinski definition) is 3. The van der Waals surface area contributed by atoms with Gasteiger partial charge in [0.15, 0.2) is 5.13 Å². The summed E-state index contributed by atoms with van der Waals surface area (Å²) < 4.78 is 5.75. The van der Waals surface area contributed by atoms with E-state index in [-0.39, 0.29) is 29.7 Å². The molecule has 1 heterocycles. The largest absolute Gasteiger partial charge is 0.466 e. The van der Waals surface area contributed by atoms with Crippen LogP contribution in [0.2, 0.25) is 0 Å². The number of thiazole rings is 1. The van der Waals surface area contributed by atoms with Crippen LogP contribution in [0.5, 0.6) is 0 Å². The molecule has 9 nitrogen and oxygen atoms in total. The van der Waals surface area contributed by atoms with E-state index in [1.165, 1.54) is 23.1 Å². The lowest BCUT2D eigenvalue weighted by atomic mass is 10.1. The number of benzene rings is 3. The number of nitrogens with zero attached hydrogens (tertiary/aromatic N) is 1. The zero-order valence-electron chi connectivity index (χ0n) is 23.0. The molecule has 0 saturated carbocycles. The van der Waals surface area contributed by atoms with E-state index in [4.69, 9.17) is 4.74 Å². The highest BCUT2D eigenvalue weighted by atomic mass is 79.9. The predicted octanol–water partition coefficient (Wildman–Crippen LogP) is 6.15. The second-order valence-electron chi connectivity index (χ2n) is 8.88. The Hall–Kier alpha value is -4.26. The highest BCUT2D eigenvalue weighted by molar-refractivity contribution is 9.10. The quantitative estimate of drug-likeness (QED) is 0.0932. The molecule has 0 spiro atoms. The molecule has 0 aliphatic rings. The number of esters is 1. The number of hydrogen-bond acceptors (Lipinski definition) is 8. The van der Waals surface area contributed by atoms with Crippen molar-refractivity contribution in [3.05, 3.63) is 111 Å². The Balaban J connectivity index is 1.39. The molecule has 0 fully saturated rings. The van der Waals surface area contributed by atoms with E-state index in [9.17, 15) is 19.2 Å². The normalized spacial score (nSPS) is 11.0. The Morgan fingerprint density at radius 3 is 2.53 bits per heavy atom. The van der Waals surface area contributed by atoms with Crippen molar-refractivity contribution < 1.29 is 23.9 Å². The van der Waals surface area contributed by atoms with Crippen molar-refractivity contribution in [3.63, 3.8) is 0 Å². The van der Waals surface area contributed by atoms with Crippen LogP contribution in [-0.4, -0.2) is 41.0 Å². The average Bonchev–Trinajstić information content (AvgIpc) is 3.42. The molecule has 0 unspecified atom stereocenters. The molecule has 4 rings (SSSR count). The molecule has 0 saturated heterocycles. The molecule has 12 heteroatoms. The number of nitrogens with one attached hydrogen (secondary N) is 3. The van der Waals surface area contributed by atoms with Gasteiger partial charge in [-0.2, -0.15) is 0 Å². The SMILES string of the molecule is CCOC(=O)Cc1csc(NC(=O)CSc2cccc(NC(=O)/C(=C\c3cccc(Br)c3)NC(=O)c3ccccc3)c2)n1. The minimum absolute atomic E-state index is 0.0448. The third-order valence-electron chi connectivity index (χ3n) is 5.58. The lowest BCUT2D eigenvalue weighted by molar-refractivity contribution is -0.142. The van der Waals surface area contributed by atoms with E-state index >= 15 is 0 Å². The molecular weight excluding hydrogens is 652 g/mol. The van der Waals surface area contributed by atoms with Crippen LogP contribution in [0, 0.1) is 0 Å². The molecular formula is C31H27BrN4O5S2. The summed E-state index contributed by atoms with van der Waals surface area (Å²) in [7, 11) is 0. The van der Waals surface area contributed by atoms with E-state index in [0.29, 0.717) is 28.7 Å². The fourth-order valence-corrected chi connectivity index (χ4v) is 5.58. The van der Waals surface area contributed by atoms with Gasteiger partial charge in [0, 0.05) is 26.0 Å². The standard InChI is InChI=1S/C31H27BrN4O5S2/c1-2-41-28(38)17-24-18-43-31(34-24)36-27(37)19-42-25-13-7-12-23(16-25)33-30(40)26(15-20-8-6-11-22(32)14-20)35-29(39)21-9-4-3-5-10-21/h3-16,18H,2,17,19H2,1H3,(H,33,40)(H,35,39)(H,34,36,37)/b26-15+. The summed E-state index contributed by atoms with van der Waals surface area (Å²) in [6, 6.07) is 23.0. The van der Waals surface area contributed by atoms with Crippen molar-refractivity contribution >= 4 is 79.6 Å². The lowest BCUT2D eigenvalue weighted by Gasteiger charge is -2.12. The van der Waals surface area contributed by atoms with E-state index in [2.05, 4.69) is 36.9 Å². The number of carbonyl (C=O) groups excluding carboxylic acids is 4. The number of rotatable bonds is 12. The minimum atomic E-state index is -0.508. The second-order valence-corrected chi connectivity index (χ2v) is 11.7. The van der Waals surface area contributed by atoms with Gasteiger partial charge in [0.25, 0.3) is 11.8 Å². The third-order valence-corrected chi connectivity index (χ3v) is 7.87. The number of halogens is 1. The maximum atomic E-state index is 13.3. The molecule has 220 valence electrons. The van der Waals surface area contributed by atoms with Gasteiger partial charge in [-0.3, -0.25) is 19.2 Å². The first-order valence-corrected chi connectivity index (χ1v) is 15.7. The number of carbonyl (C=O) groups is 4. The molecule has 3 amide bonds. The number of amides is 3. The van der Waals surface area contributed by atoms with Gasteiger partial charge in [-0.15, -0.1) is 23.1 Å². The van der Waals surface area contributed by atoms with Crippen LogP contribution < -0.4 is 16.0 Å². The summed E-state index contributed by atoms with van der Waals surface area (Å²) in [6.45, 7) is 2.03. The van der Waals surface area contributed by atoms with Crippen LogP contribution in [0.3, 0.4) is 0 Å². The number of thioether (sulfide) groups is 1. The van der Waals surface area contributed by atoms with Crippen LogP contribution in [0.25, 0.3) is 6.08 Å². The van der Waals surface area contributed by atoms with Gasteiger partial charge in [-0.05, 0) is 61.0 Å². The third kappa shape index (κ3) is 10.2. The average molecular weight is 680 g/mol. The zero-order valence-corrected chi connectivity index (χ0v) is 26.2. The second kappa shape index (κ2) is 15.8. The van der Waals surface area contributed by atoms with E-state index in [1.54, 1.807) is 66.9 Å². The fourth-order valence-electron chi connectivity index (χ4n) is 3.68. The lowest BCUT2D eigenvalue weighted by Crippen LogP contribution is -2.30. The predicted molar refractivity (Wildman–Crippen MR) is 173 cm³/mol. The molecule has 3 N–H and O–H groups in total. The van der Waals surface area contributed by atoms with Crippen molar-refractivity contribution in [2.75, 3.05) is 23.0 Å². The summed E-state index contributed by atoms with van der Waals surface area (Å²) in [5.74, 6) is -1.46. The first-order chi connectivity index (χ1) is 20.8. The highest BCUT2D eigenvalue weighted by Crippen LogP contribution is 2.23. The van der Waals surface area contributed by atoms with Crippen molar-refractivity contribution in [3.8, 4) is 0 Å². The van der Waals surface area contributed by atoms with Crippen LogP contribution in [0.15, 0.2) is 99.3 Å². The van der Waals surface area contributed by atoms with Gasteiger partial charge < -0.3 is 20.7 Å². The summed E-state index contributed by atoms with van der Waals surface area (Å²) in [5, 5.41) is 10.4. The van der Waals surface area contributed by atoms with Crippen molar-refractivity contribution in [1.29, 1.82) is 0 Å². The van der Waals surface area contributed by atoms with Gasteiger partial charge in [-0.25, -0.2) is 4.98 Å². The molecule has 4 aromatic rings. The smallest absolute Gasteiger partial charge is 0.311 e. The van der Waals surface area contributed by atoms with E-state index < -0.39 is 11.8 Å². The fraction of sp³-hybridized carbons (Fsp3) is 0.129. The summed E-state index contributed by atoms with van der Waals surface area (Å²) in [5.41, 5.74) is 2.22. The molecule has 0 atom stereocenters. The van der Waals surface area contributed by atoms with Crippen molar-refractivity contribution in [1.82, 2.24) is 10.3 Å². The molecule has 0 aliphatic carbocycles. The first kappa shape index (κ1) is 31.7. The number of anilines is 2. The summed E-state index contributed by atoms with van der Waals surface area (Å²) in [4.78, 5) is 55.4. The van der Waals surface area contributed by atoms with Gasteiger partial charge in [-0.1, -0.05) is 52.3 Å². The Morgan fingerprint density at radius 2 is 1.77 bits per heavy atom. The molecule has 1 aromatic heterocycles. The van der Waals surface area contributed by atoms with Gasteiger partial charge in [0.2, 0.25) is 5.91 Å². The zero-order chi connectivity index (χ0) is 30.6. The minimum Gasteiger partial charge on any atom is -0.466 e. The molecule has 43 heavy (non-hydrogen) atoms. The maximum Gasteiger partial charge on any atom is 0.311 e. The highest BCUT2D eigenvalue weighted by Gasteiger charge is 2.16. The van der Waals surface area contributed by atoms with Crippen LogP contribution in [0.1, 0.15) is 28.5 Å². The molecule has 0 radical (unpaired) electrons. The Labute approximate surface area is 265 Å². The number of ether oxygens (including phenoxy) is 1. The van der Waals surface area contributed by atoms with Crippen molar-refractivity contribution in [2.45, 2.75) is 18.2 Å². The van der Waals surface area contributed by atoms with Crippen molar-refractivity contribution in [2.24, 2.45) is 0 Å². The first-order valence-electron chi connectivity index (χ1n) is 13.1. The van der Waals surface area contributed by atoms with Crippen LogP contribution >= 0.6 is 39.0 Å². The van der Waals surface area contributed by atoms with E-state index in [0.717, 1.165) is 14.9 Å². The Bertz CT molecular complexity index is 1640. The summed E-state index contributed by atoms with van der Waals surface area (Å²) >= 11 is 5.94. The van der Waals surface area contributed by atoms with Crippen LogP contribution in [-0.2, 0) is 25.5 Å².